The van der Waals surface area contributed by atoms with Gasteiger partial charge in [-0.15, -0.1) is 0 Å². The smallest absolute Gasteiger partial charge is 0.269 e. The van der Waals surface area contributed by atoms with E-state index in [-0.39, 0.29) is 0 Å². The number of nitrogens with one attached hydrogen (secondary N) is 1. The van der Waals surface area contributed by atoms with Crippen LogP contribution in [0.1, 0.15) is 11.1 Å². The van der Waals surface area contributed by atoms with Crippen molar-refractivity contribution in [2.24, 2.45) is 5.10 Å². The van der Waals surface area contributed by atoms with Crippen molar-refractivity contribution in [1.82, 2.24) is 20.3 Å². The first-order valence-corrected chi connectivity index (χ1v) is 7.94. The van der Waals surface area contributed by atoms with Crippen molar-refractivity contribution < 1.29 is 0 Å². The Kier molecular flexibility index (Phi) is 3.92. The monoisotopic (exact) mass is 328 g/mol. The van der Waals surface area contributed by atoms with E-state index in [1.54, 1.807) is 6.21 Å². The summed E-state index contributed by atoms with van der Waals surface area (Å²) in [7, 11) is 0. The molecule has 1 N–H and O–H groups in total. The number of anilines is 2. The van der Waals surface area contributed by atoms with Crippen molar-refractivity contribution in [1.29, 1.82) is 0 Å². The van der Waals surface area contributed by atoms with Gasteiger partial charge in [-0.25, -0.2) is 0 Å². The molecule has 0 fully saturated rings. The Hall–Kier alpha value is -3.54. The van der Waals surface area contributed by atoms with Crippen LogP contribution in [-0.4, -0.2) is 26.5 Å². The van der Waals surface area contributed by atoms with Crippen LogP contribution in [0.4, 0.5) is 11.6 Å². The molecule has 6 nitrogen and oxygen atoms in total. The number of aryl methyl sites for hydroxylation is 1. The molecule has 1 aromatic heterocycles. The molecule has 3 aromatic carbocycles. The highest BCUT2D eigenvalue weighted by Crippen LogP contribution is 2.25. The van der Waals surface area contributed by atoms with Crippen LogP contribution in [0.3, 0.4) is 0 Å². The van der Waals surface area contributed by atoms with Crippen molar-refractivity contribution in [2.75, 3.05) is 5.32 Å². The van der Waals surface area contributed by atoms with Gasteiger partial charge in [-0.05, 0) is 34.4 Å². The van der Waals surface area contributed by atoms with E-state index in [0.29, 0.717) is 5.95 Å². The van der Waals surface area contributed by atoms with Gasteiger partial charge in [0.05, 0.1) is 6.21 Å². The van der Waals surface area contributed by atoms with E-state index < -0.39 is 0 Å². The quantitative estimate of drug-likeness (QED) is 0.579. The molecule has 25 heavy (non-hydrogen) atoms. The molecule has 0 spiro atoms. The van der Waals surface area contributed by atoms with Gasteiger partial charge < -0.3 is 5.32 Å². The molecule has 6 heteroatoms. The van der Waals surface area contributed by atoms with Gasteiger partial charge in [0.15, 0.2) is 0 Å². The minimum Gasteiger partial charge on any atom is -0.321 e. The van der Waals surface area contributed by atoms with E-state index in [2.05, 4.69) is 51.1 Å². The number of aromatic nitrogens is 4. The Bertz CT molecular complexity index is 1030. The molecule has 0 aliphatic rings. The molecular weight excluding hydrogens is 312 g/mol. The van der Waals surface area contributed by atoms with Gasteiger partial charge in [-0.2, -0.15) is 5.10 Å². The summed E-state index contributed by atoms with van der Waals surface area (Å²) in [5.41, 5.74) is 3.12. The molecular formula is C19H16N6. The van der Waals surface area contributed by atoms with Gasteiger partial charge in [0.25, 0.3) is 5.95 Å². The van der Waals surface area contributed by atoms with E-state index in [9.17, 15) is 0 Å². The van der Waals surface area contributed by atoms with E-state index >= 15 is 0 Å². The molecule has 4 aromatic rings. The number of fused-ring (bicyclic) bond motifs is 1. The summed E-state index contributed by atoms with van der Waals surface area (Å²) in [6.07, 6.45) is 1.73. The van der Waals surface area contributed by atoms with E-state index in [1.165, 1.54) is 10.4 Å². The Balaban J connectivity index is 1.62. The first-order valence-electron chi connectivity index (χ1n) is 7.94. The minimum atomic E-state index is 0.458. The zero-order valence-electron chi connectivity index (χ0n) is 13.7. The molecule has 0 unspecified atom stereocenters. The molecule has 0 aliphatic carbocycles. The molecule has 0 saturated heterocycles. The van der Waals surface area contributed by atoms with Gasteiger partial charge in [0, 0.05) is 11.1 Å². The van der Waals surface area contributed by atoms with Crippen LogP contribution in [0.2, 0.25) is 0 Å². The zero-order chi connectivity index (χ0) is 17.1. The molecule has 0 aliphatic heterocycles. The number of benzene rings is 3. The third-order valence-electron chi connectivity index (χ3n) is 3.88. The predicted octanol–water partition coefficient (Wildman–Crippen LogP) is 3.76. The predicted molar refractivity (Wildman–Crippen MR) is 99.2 cm³/mol. The van der Waals surface area contributed by atoms with E-state index in [1.807, 2.05) is 48.5 Å². The highest BCUT2D eigenvalue weighted by Gasteiger charge is 2.07. The lowest BCUT2D eigenvalue weighted by Crippen LogP contribution is -2.01. The van der Waals surface area contributed by atoms with Crippen LogP contribution in [-0.2, 0) is 0 Å². The van der Waals surface area contributed by atoms with Crippen LogP contribution in [0, 0.1) is 6.92 Å². The average Bonchev–Trinajstić information content (AvgIpc) is 3.09. The third kappa shape index (κ3) is 3.23. The molecule has 0 saturated carbocycles. The van der Waals surface area contributed by atoms with Crippen molar-refractivity contribution in [3.05, 3.63) is 77.9 Å². The van der Waals surface area contributed by atoms with E-state index in [4.69, 9.17) is 0 Å². The zero-order valence-corrected chi connectivity index (χ0v) is 13.7. The second-order valence-electron chi connectivity index (χ2n) is 5.70. The molecule has 0 atom stereocenters. The number of tetrazole rings is 1. The maximum absolute atomic E-state index is 4.34. The van der Waals surface area contributed by atoms with Gasteiger partial charge in [0.1, 0.15) is 0 Å². The van der Waals surface area contributed by atoms with Crippen molar-refractivity contribution >= 4 is 28.6 Å². The molecule has 4 rings (SSSR count). The Morgan fingerprint density at radius 2 is 1.76 bits per heavy atom. The maximum atomic E-state index is 4.34. The lowest BCUT2D eigenvalue weighted by molar-refractivity contribution is 0.699. The number of nitrogens with zero attached hydrogens (tertiary/aromatic N) is 5. The van der Waals surface area contributed by atoms with E-state index in [0.717, 1.165) is 22.0 Å². The molecule has 1 heterocycles. The van der Waals surface area contributed by atoms with Gasteiger partial charge in [-0.1, -0.05) is 76.1 Å². The summed E-state index contributed by atoms with van der Waals surface area (Å²) in [6, 6.07) is 22.3. The molecule has 0 radical (unpaired) electrons. The second-order valence-corrected chi connectivity index (χ2v) is 5.70. The minimum absolute atomic E-state index is 0.458. The molecule has 0 amide bonds. The summed E-state index contributed by atoms with van der Waals surface area (Å²) in [5, 5.41) is 21.5. The lowest BCUT2D eigenvalue weighted by atomic mass is 10.1. The van der Waals surface area contributed by atoms with Crippen LogP contribution in [0.5, 0.6) is 0 Å². The van der Waals surface area contributed by atoms with Crippen LogP contribution in [0.25, 0.3) is 10.8 Å². The standard InChI is InChI=1S/C19H16N6/c1-14-9-11-15(12-10-14)13-20-25-19(22-23-24-25)21-18-8-4-6-16-5-2-3-7-17(16)18/h2-13H,1H3,(H,21,22,24). The Labute approximate surface area is 144 Å². The highest BCUT2D eigenvalue weighted by atomic mass is 15.7. The Morgan fingerprint density at radius 1 is 0.960 bits per heavy atom. The molecule has 0 bridgehead atoms. The lowest BCUT2D eigenvalue weighted by Gasteiger charge is -2.07. The summed E-state index contributed by atoms with van der Waals surface area (Å²) in [4.78, 5) is 1.38. The van der Waals surface area contributed by atoms with Crippen molar-refractivity contribution in [2.45, 2.75) is 6.92 Å². The van der Waals surface area contributed by atoms with Gasteiger partial charge in [0.2, 0.25) is 0 Å². The van der Waals surface area contributed by atoms with Crippen LogP contribution in [0.15, 0.2) is 71.8 Å². The Morgan fingerprint density at radius 3 is 2.64 bits per heavy atom. The topological polar surface area (TPSA) is 68.0 Å². The molecule has 122 valence electrons. The van der Waals surface area contributed by atoms with Crippen LogP contribution < -0.4 is 5.32 Å². The fraction of sp³-hybridized carbons (Fsp3) is 0.0526. The summed E-state index contributed by atoms with van der Waals surface area (Å²) < 4.78 is 0. The maximum Gasteiger partial charge on any atom is 0.269 e. The normalized spacial score (nSPS) is 11.2. The fourth-order valence-corrected chi connectivity index (χ4v) is 2.56. The third-order valence-corrected chi connectivity index (χ3v) is 3.88. The number of hydrogen-bond donors (Lipinski definition) is 1. The summed E-state index contributed by atoms with van der Waals surface area (Å²) in [6.45, 7) is 2.05. The summed E-state index contributed by atoms with van der Waals surface area (Å²) >= 11 is 0. The van der Waals surface area contributed by atoms with Crippen molar-refractivity contribution in [3.8, 4) is 0 Å². The van der Waals surface area contributed by atoms with Crippen molar-refractivity contribution in [3.63, 3.8) is 0 Å². The number of rotatable bonds is 4. The fourth-order valence-electron chi connectivity index (χ4n) is 2.56. The first-order chi connectivity index (χ1) is 12.3. The average molecular weight is 328 g/mol. The second kappa shape index (κ2) is 6.52. The SMILES string of the molecule is Cc1ccc(C=Nn2nnnc2Nc2cccc3ccccc23)cc1. The van der Waals surface area contributed by atoms with Gasteiger partial charge >= 0.3 is 0 Å². The first kappa shape index (κ1) is 15.0. The van der Waals surface area contributed by atoms with Gasteiger partial charge in [-0.3, -0.25) is 0 Å². The highest BCUT2D eigenvalue weighted by molar-refractivity contribution is 5.94. The number of hydrogen-bond acceptors (Lipinski definition) is 5. The summed E-state index contributed by atoms with van der Waals surface area (Å²) in [5.74, 6) is 0.458. The van der Waals surface area contributed by atoms with Crippen LogP contribution >= 0.6 is 0 Å². The largest absolute Gasteiger partial charge is 0.321 e.